The topological polar surface area (TPSA) is 75.7 Å². The van der Waals surface area contributed by atoms with Crippen LogP contribution in [0, 0.1) is 13.8 Å². The summed E-state index contributed by atoms with van der Waals surface area (Å²) in [6.07, 6.45) is -0.472. The molecule has 3 heterocycles. The molecule has 2 aromatic carbocycles. The number of fused-ring (bicyclic) bond motifs is 2. The standard InChI is InChI=1S/C32H33Cl2F3N4O3S/c1-17-10-24(33)29(25(34)11-17)43-8-9-44-31-39-15-27(45-31)22-12-20-13-38-14-26(40-20)28(22)30(42)41(21-6-7-21)16-19-4-3-5-23(18(19)2)32(35,36)37/h3-5,10-11,15,20-21,26,38,40H,6-9,12-14,16H2,1-2H3/t20?,26-/m1/s1. The zero-order valence-electron chi connectivity index (χ0n) is 24.8. The van der Waals surface area contributed by atoms with Crippen LogP contribution >= 0.6 is 34.5 Å². The second-order valence-corrected chi connectivity index (χ2v) is 13.5. The van der Waals surface area contributed by atoms with Gasteiger partial charge in [0, 0.05) is 43.5 Å². The zero-order valence-corrected chi connectivity index (χ0v) is 27.1. The maximum atomic E-state index is 14.4. The number of thiazole rings is 1. The number of hydrogen-bond donors (Lipinski definition) is 2. The number of carbonyl (C=O) groups is 1. The van der Waals surface area contributed by atoms with Crippen LogP contribution in [0.5, 0.6) is 10.9 Å². The molecule has 2 bridgehead atoms. The van der Waals surface area contributed by atoms with Crippen LogP contribution in [0.2, 0.25) is 10.0 Å². The molecule has 240 valence electrons. The van der Waals surface area contributed by atoms with Crippen molar-refractivity contribution >= 4 is 46.0 Å². The predicted octanol–water partition coefficient (Wildman–Crippen LogP) is 6.82. The summed E-state index contributed by atoms with van der Waals surface area (Å²) in [6, 6.07) is 7.63. The number of nitrogens with zero attached hydrogens (tertiary/aromatic N) is 2. The van der Waals surface area contributed by atoms with Crippen molar-refractivity contribution in [3.8, 4) is 10.9 Å². The highest BCUT2D eigenvalue weighted by Crippen LogP contribution is 2.40. The SMILES string of the molecule is Cc1cc(Cl)c(OCCOc2ncc(C3=C(C(=O)N(Cc4cccc(C(F)(F)F)c4C)C4CC4)[C@H]4CNCC(C3)N4)s2)c(Cl)c1. The largest absolute Gasteiger partial charge is 0.487 e. The van der Waals surface area contributed by atoms with E-state index < -0.39 is 11.7 Å². The van der Waals surface area contributed by atoms with Crippen LogP contribution in [0.25, 0.3) is 5.57 Å². The Morgan fingerprint density at radius 2 is 1.84 bits per heavy atom. The van der Waals surface area contributed by atoms with Crippen LogP contribution in [-0.4, -0.2) is 60.2 Å². The summed E-state index contributed by atoms with van der Waals surface area (Å²) >= 11 is 13.9. The number of carbonyl (C=O) groups excluding carboxylic acids is 1. The molecule has 6 rings (SSSR count). The number of rotatable bonds is 10. The van der Waals surface area contributed by atoms with Gasteiger partial charge in [0.2, 0.25) is 0 Å². The van der Waals surface area contributed by atoms with E-state index in [4.69, 9.17) is 32.7 Å². The van der Waals surface area contributed by atoms with Gasteiger partial charge in [0.1, 0.15) is 13.2 Å². The first-order valence-electron chi connectivity index (χ1n) is 14.8. The highest BCUT2D eigenvalue weighted by atomic mass is 35.5. The summed E-state index contributed by atoms with van der Waals surface area (Å²) in [5, 5.41) is 8.28. The van der Waals surface area contributed by atoms with Gasteiger partial charge in [-0.3, -0.25) is 4.79 Å². The van der Waals surface area contributed by atoms with Crippen molar-refractivity contribution in [2.75, 3.05) is 26.3 Å². The number of aromatic nitrogens is 1. The van der Waals surface area contributed by atoms with Crippen molar-refractivity contribution in [1.82, 2.24) is 20.5 Å². The monoisotopic (exact) mass is 680 g/mol. The van der Waals surface area contributed by atoms with E-state index in [1.54, 1.807) is 29.3 Å². The third-order valence-electron chi connectivity index (χ3n) is 8.35. The summed E-state index contributed by atoms with van der Waals surface area (Å²) in [5.41, 5.74) is 2.45. The Morgan fingerprint density at radius 1 is 1.11 bits per heavy atom. The van der Waals surface area contributed by atoms with Crippen LogP contribution in [0.4, 0.5) is 13.2 Å². The molecule has 13 heteroatoms. The predicted molar refractivity (Wildman–Crippen MR) is 169 cm³/mol. The smallest absolute Gasteiger partial charge is 0.416 e. The van der Waals surface area contributed by atoms with Crippen molar-refractivity contribution in [3.05, 3.63) is 79.3 Å². The van der Waals surface area contributed by atoms with Crippen LogP contribution in [0.15, 0.2) is 42.1 Å². The molecule has 0 spiro atoms. The van der Waals surface area contributed by atoms with Crippen molar-refractivity contribution in [3.63, 3.8) is 0 Å². The Bertz CT molecular complexity index is 1600. The molecule has 3 aromatic rings. The van der Waals surface area contributed by atoms with E-state index in [-0.39, 0.29) is 49.4 Å². The number of piperazine rings is 1. The lowest BCUT2D eigenvalue weighted by Crippen LogP contribution is -2.59. The molecule has 2 fully saturated rings. The molecule has 2 aliphatic heterocycles. The van der Waals surface area contributed by atoms with Crippen molar-refractivity contribution in [2.24, 2.45) is 0 Å². The van der Waals surface area contributed by atoms with E-state index in [2.05, 4.69) is 15.6 Å². The maximum absolute atomic E-state index is 14.4. The van der Waals surface area contributed by atoms with E-state index in [1.165, 1.54) is 24.3 Å². The highest BCUT2D eigenvalue weighted by Gasteiger charge is 2.42. The average Bonchev–Trinajstić information content (AvgIpc) is 3.71. The third kappa shape index (κ3) is 7.12. The Hall–Kier alpha value is -2.83. The minimum Gasteiger partial charge on any atom is -0.487 e. The minimum atomic E-state index is -4.46. The molecule has 1 aromatic heterocycles. The van der Waals surface area contributed by atoms with Gasteiger partial charge in [0.05, 0.1) is 26.5 Å². The van der Waals surface area contributed by atoms with Crippen LogP contribution in [-0.2, 0) is 17.5 Å². The van der Waals surface area contributed by atoms with Gasteiger partial charge in [0.15, 0.2) is 5.75 Å². The molecule has 1 unspecified atom stereocenters. The molecule has 2 N–H and O–H groups in total. The number of nitrogens with one attached hydrogen (secondary N) is 2. The molecule has 0 radical (unpaired) electrons. The Balaban J connectivity index is 1.22. The lowest BCUT2D eigenvalue weighted by molar-refractivity contribution is -0.138. The first-order valence-corrected chi connectivity index (χ1v) is 16.4. The fraction of sp³-hybridized carbons (Fsp3) is 0.438. The van der Waals surface area contributed by atoms with Crippen molar-refractivity contribution in [2.45, 2.75) is 64.0 Å². The number of aryl methyl sites for hydroxylation is 1. The number of halogens is 5. The van der Waals surface area contributed by atoms with Crippen molar-refractivity contribution in [1.29, 1.82) is 0 Å². The molecule has 45 heavy (non-hydrogen) atoms. The lowest BCUT2D eigenvalue weighted by atomic mass is 9.86. The Kier molecular flexibility index (Phi) is 9.36. The Morgan fingerprint density at radius 3 is 2.56 bits per heavy atom. The van der Waals surface area contributed by atoms with Gasteiger partial charge < -0.3 is 25.0 Å². The van der Waals surface area contributed by atoms with E-state index in [1.807, 2.05) is 6.92 Å². The molecule has 3 aliphatic rings. The van der Waals surface area contributed by atoms with Gasteiger partial charge in [-0.2, -0.15) is 13.2 Å². The second-order valence-electron chi connectivity index (χ2n) is 11.7. The molecule has 7 nitrogen and oxygen atoms in total. The van der Waals surface area contributed by atoms with Gasteiger partial charge in [0.25, 0.3) is 11.1 Å². The number of ether oxygens (including phenoxy) is 2. The fourth-order valence-corrected chi connectivity index (χ4v) is 7.58. The highest BCUT2D eigenvalue weighted by molar-refractivity contribution is 7.14. The van der Waals surface area contributed by atoms with Crippen molar-refractivity contribution < 1.29 is 27.4 Å². The first-order chi connectivity index (χ1) is 21.5. The fourth-order valence-electron chi connectivity index (χ4n) is 6.01. The van der Waals surface area contributed by atoms with Gasteiger partial charge in [-0.05, 0) is 73.6 Å². The van der Waals surface area contributed by atoms with Crippen LogP contribution in [0.3, 0.4) is 0 Å². The van der Waals surface area contributed by atoms with Gasteiger partial charge in [-0.15, -0.1) is 0 Å². The van der Waals surface area contributed by atoms with E-state index in [0.29, 0.717) is 45.1 Å². The maximum Gasteiger partial charge on any atom is 0.416 e. The van der Waals surface area contributed by atoms with Crippen LogP contribution in [0.1, 0.15) is 46.4 Å². The second kappa shape index (κ2) is 13.1. The molecule has 2 atom stereocenters. The molecule has 1 saturated heterocycles. The normalized spacial score (nSPS) is 19.9. The molecule has 1 amide bonds. The number of hydrogen-bond acceptors (Lipinski definition) is 7. The summed E-state index contributed by atoms with van der Waals surface area (Å²) in [4.78, 5) is 21.4. The van der Waals surface area contributed by atoms with E-state index in [9.17, 15) is 18.0 Å². The zero-order chi connectivity index (χ0) is 31.9. The van der Waals surface area contributed by atoms with E-state index >= 15 is 0 Å². The number of benzene rings is 2. The quantitative estimate of drug-likeness (QED) is 0.229. The third-order valence-corrected chi connectivity index (χ3v) is 9.88. The average molecular weight is 682 g/mol. The summed E-state index contributed by atoms with van der Waals surface area (Å²) < 4.78 is 52.6. The van der Waals surface area contributed by atoms with Gasteiger partial charge in [-0.25, -0.2) is 4.98 Å². The molecule has 1 saturated carbocycles. The Labute approximate surface area is 273 Å². The molecular weight excluding hydrogens is 648 g/mol. The molecule has 1 aliphatic carbocycles. The van der Waals surface area contributed by atoms with E-state index in [0.717, 1.165) is 41.5 Å². The summed E-state index contributed by atoms with van der Waals surface area (Å²) in [5.74, 6) is 0.246. The van der Waals surface area contributed by atoms with Crippen LogP contribution < -0.4 is 20.1 Å². The van der Waals surface area contributed by atoms with Gasteiger partial charge in [-0.1, -0.05) is 46.7 Å². The summed E-state index contributed by atoms with van der Waals surface area (Å²) in [6.45, 7) is 5.24. The number of amides is 1. The lowest BCUT2D eigenvalue weighted by Gasteiger charge is -2.40. The minimum absolute atomic E-state index is 0.00893. The molecular formula is C32H33Cl2F3N4O3S. The van der Waals surface area contributed by atoms with Gasteiger partial charge >= 0.3 is 6.18 Å². The number of alkyl halides is 3. The summed E-state index contributed by atoms with van der Waals surface area (Å²) in [7, 11) is 0. The first kappa shape index (κ1) is 32.1.